The topological polar surface area (TPSA) is 156 Å². The van der Waals surface area contributed by atoms with Crippen LogP contribution in [0.15, 0.2) is 107 Å². The highest BCUT2D eigenvalue weighted by atomic mass is 32.2. The van der Waals surface area contributed by atoms with Crippen LogP contribution in [0.5, 0.6) is 5.75 Å². The summed E-state index contributed by atoms with van der Waals surface area (Å²) in [7, 11) is -3.74. The molecule has 0 bridgehead atoms. The third-order valence-electron chi connectivity index (χ3n) is 6.51. The van der Waals surface area contributed by atoms with Crippen molar-refractivity contribution in [3.8, 4) is 5.75 Å². The van der Waals surface area contributed by atoms with E-state index in [1.807, 2.05) is 24.3 Å². The predicted octanol–water partition coefficient (Wildman–Crippen LogP) is 4.04. The maximum atomic E-state index is 12.6. The average molecular weight is 572 g/mol. The van der Waals surface area contributed by atoms with E-state index < -0.39 is 16.1 Å². The van der Waals surface area contributed by atoms with Gasteiger partial charge in [0.25, 0.3) is 10.0 Å². The van der Waals surface area contributed by atoms with Gasteiger partial charge in [-0.25, -0.2) is 13.4 Å². The number of phenols is 1. The number of H-pyrrole nitrogens is 1. The fourth-order valence-electron chi connectivity index (χ4n) is 4.39. The minimum Gasteiger partial charge on any atom is -0.506 e. The van der Waals surface area contributed by atoms with Crippen LogP contribution in [-0.2, 0) is 16.4 Å². The number of sulfonamides is 1. The van der Waals surface area contributed by atoms with Crippen LogP contribution in [0.4, 0.5) is 17.2 Å². The lowest BCUT2D eigenvalue weighted by Crippen LogP contribution is -2.24. The first-order valence-corrected chi connectivity index (χ1v) is 14.4. The van der Waals surface area contributed by atoms with Crippen molar-refractivity contribution in [3.63, 3.8) is 0 Å². The van der Waals surface area contributed by atoms with Crippen molar-refractivity contribution in [1.82, 2.24) is 15.3 Å². The molecule has 3 aromatic carbocycles. The molecular weight excluding hydrogens is 542 g/mol. The van der Waals surface area contributed by atoms with E-state index in [1.165, 1.54) is 30.5 Å². The summed E-state index contributed by atoms with van der Waals surface area (Å²) in [6.07, 6.45) is 1.44. The zero-order valence-corrected chi connectivity index (χ0v) is 22.7. The fraction of sp³-hybridized carbons (Fsp3) is 0.133. The number of hydrogen-bond donors (Lipinski definition) is 6. The summed E-state index contributed by atoms with van der Waals surface area (Å²) in [4.78, 5) is 18.3. The van der Waals surface area contributed by atoms with Gasteiger partial charge in [0, 0.05) is 35.6 Å². The molecule has 0 saturated heterocycles. The van der Waals surface area contributed by atoms with Crippen molar-refractivity contribution in [2.24, 2.45) is 0 Å². The molecular formula is C30H29N5O5S. The van der Waals surface area contributed by atoms with Gasteiger partial charge in [-0.15, -0.1) is 0 Å². The van der Waals surface area contributed by atoms with Gasteiger partial charge < -0.3 is 25.8 Å². The Morgan fingerprint density at radius 1 is 0.878 bits per heavy atom. The number of rotatable bonds is 11. The highest BCUT2D eigenvalue weighted by Gasteiger charge is 2.15. The van der Waals surface area contributed by atoms with Gasteiger partial charge in [-0.1, -0.05) is 24.3 Å². The molecule has 5 rings (SSSR count). The lowest BCUT2D eigenvalue weighted by molar-refractivity contribution is 0.176. The minimum atomic E-state index is -3.74. The van der Waals surface area contributed by atoms with E-state index in [1.54, 1.807) is 42.5 Å². The van der Waals surface area contributed by atoms with Crippen LogP contribution >= 0.6 is 0 Å². The van der Waals surface area contributed by atoms with E-state index >= 15 is 0 Å². The molecule has 0 aliphatic rings. The number of aromatic nitrogens is 2. The minimum absolute atomic E-state index is 0.0431. The first-order valence-electron chi connectivity index (χ1n) is 12.9. The molecule has 5 aromatic rings. The fourth-order valence-corrected chi connectivity index (χ4v) is 5.40. The molecule has 0 radical (unpaired) electrons. The number of benzene rings is 3. The van der Waals surface area contributed by atoms with Crippen LogP contribution in [0, 0.1) is 0 Å². The van der Waals surface area contributed by atoms with Crippen LogP contribution in [0.25, 0.3) is 10.9 Å². The molecule has 0 aliphatic carbocycles. The smallest absolute Gasteiger partial charge is 0.263 e. The molecule has 0 aliphatic heterocycles. The molecule has 0 saturated carbocycles. The Kier molecular flexibility index (Phi) is 8.29. The van der Waals surface area contributed by atoms with Gasteiger partial charge in [0.2, 0.25) is 5.56 Å². The van der Waals surface area contributed by atoms with Crippen molar-refractivity contribution in [3.05, 3.63) is 119 Å². The summed E-state index contributed by atoms with van der Waals surface area (Å²) >= 11 is 0. The Morgan fingerprint density at radius 3 is 2.32 bits per heavy atom. The van der Waals surface area contributed by atoms with Crippen LogP contribution in [0.2, 0.25) is 0 Å². The summed E-state index contributed by atoms with van der Waals surface area (Å²) in [5.74, 6) is 0.212. The van der Waals surface area contributed by atoms with Gasteiger partial charge in [0.15, 0.2) is 0 Å². The molecule has 210 valence electrons. The van der Waals surface area contributed by atoms with Crippen LogP contribution in [-0.4, -0.2) is 41.7 Å². The van der Waals surface area contributed by atoms with E-state index in [0.29, 0.717) is 29.6 Å². The number of phenolic OH excluding ortho intramolecular Hbond substituents is 1. The molecule has 2 aromatic heterocycles. The molecule has 1 unspecified atom stereocenters. The summed E-state index contributed by atoms with van der Waals surface area (Å²) in [5.41, 5.74) is 3.31. The number of aliphatic hydroxyl groups excluding tert-OH is 1. The number of pyridine rings is 2. The average Bonchev–Trinajstić information content (AvgIpc) is 2.97. The van der Waals surface area contributed by atoms with Gasteiger partial charge in [-0.2, -0.15) is 0 Å². The molecule has 0 spiro atoms. The lowest BCUT2D eigenvalue weighted by atomic mass is 10.0. The second-order valence-corrected chi connectivity index (χ2v) is 11.1. The number of aromatic amines is 1. The van der Waals surface area contributed by atoms with E-state index in [4.69, 9.17) is 0 Å². The van der Waals surface area contributed by atoms with Crippen molar-refractivity contribution >= 4 is 38.1 Å². The Morgan fingerprint density at radius 2 is 1.61 bits per heavy atom. The molecule has 41 heavy (non-hydrogen) atoms. The monoisotopic (exact) mass is 571 g/mol. The van der Waals surface area contributed by atoms with Crippen LogP contribution in [0.1, 0.15) is 17.2 Å². The van der Waals surface area contributed by atoms with E-state index in [0.717, 1.165) is 23.4 Å². The number of aromatic hydroxyl groups is 1. The third-order valence-corrected chi connectivity index (χ3v) is 7.88. The van der Waals surface area contributed by atoms with Crippen LogP contribution in [0.3, 0.4) is 0 Å². The normalized spacial score (nSPS) is 12.2. The van der Waals surface area contributed by atoms with Crippen molar-refractivity contribution in [2.45, 2.75) is 17.4 Å². The Labute approximate surface area is 236 Å². The lowest BCUT2D eigenvalue weighted by Gasteiger charge is -2.15. The quantitative estimate of drug-likeness (QED) is 0.130. The number of anilines is 3. The Hall–Kier alpha value is -4.71. The van der Waals surface area contributed by atoms with Crippen LogP contribution < -0.4 is 20.9 Å². The summed E-state index contributed by atoms with van der Waals surface area (Å²) in [6.45, 7) is 0.945. The van der Waals surface area contributed by atoms with Gasteiger partial charge in [-0.3, -0.25) is 9.52 Å². The van der Waals surface area contributed by atoms with E-state index in [2.05, 4.69) is 25.3 Å². The highest BCUT2D eigenvalue weighted by Crippen LogP contribution is 2.28. The third kappa shape index (κ3) is 6.90. The maximum absolute atomic E-state index is 12.6. The summed E-state index contributed by atoms with van der Waals surface area (Å²) in [5, 5.41) is 27.8. The zero-order chi connectivity index (χ0) is 28.8. The maximum Gasteiger partial charge on any atom is 0.263 e. The predicted molar refractivity (Wildman–Crippen MR) is 159 cm³/mol. The number of aliphatic hydroxyl groups is 1. The Balaban J connectivity index is 1.11. The van der Waals surface area contributed by atoms with Crippen molar-refractivity contribution < 1.29 is 18.6 Å². The van der Waals surface area contributed by atoms with E-state index in [-0.39, 0.29) is 22.0 Å². The van der Waals surface area contributed by atoms with E-state index in [9.17, 15) is 23.4 Å². The SMILES string of the molecule is O=c1ccc2c(C(O)CNCCc3ccc(Nc4ccc(S(=O)(=O)Nc5ccccn5)cc4)cc3)ccc(O)c2[nH]1. The summed E-state index contributed by atoms with van der Waals surface area (Å²) < 4.78 is 27.6. The standard InChI is InChI=1S/C30H29N5O5S/c36-26-14-12-24(25-13-15-29(38)34-30(25)26)27(37)19-31-18-16-20-4-6-21(7-5-20)33-22-8-10-23(11-9-22)41(39,40)35-28-3-1-2-17-32-28/h1-15,17,27,31,33,36-37H,16,18-19H2,(H,32,35)(H,34,38). The van der Waals surface area contributed by atoms with Gasteiger partial charge in [0.1, 0.15) is 11.6 Å². The Bertz CT molecular complexity index is 1790. The highest BCUT2D eigenvalue weighted by molar-refractivity contribution is 7.92. The summed E-state index contributed by atoms with van der Waals surface area (Å²) in [6, 6.07) is 25.4. The van der Waals surface area contributed by atoms with Gasteiger partial charge in [0.05, 0.1) is 16.5 Å². The first-order chi connectivity index (χ1) is 19.8. The number of nitrogens with zero attached hydrogens (tertiary/aromatic N) is 1. The second-order valence-electron chi connectivity index (χ2n) is 9.42. The number of fused-ring (bicyclic) bond motifs is 1. The molecule has 11 heteroatoms. The molecule has 1 atom stereocenters. The second kappa shape index (κ2) is 12.2. The molecule has 0 amide bonds. The van der Waals surface area contributed by atoms with Gasteiger partial charge >= 0.3 is 0 Å². The first kappa shape index (κ1) is 27.8. The van der Waals surface area contributed by atoms with Gasteiger partial charge in [-0.05, 0) is 84.8 Å². The number of hydrogen-bond acceptors (Lipinski definition) is 8. The molecule has 6 N–H and O–H groups in total. The molecule has 2 heterocycles. The van der Waals surface area contributed by atoms with Crippen molar-refractivity contribution in [1.29, 1.82) is 0 Å². The zero-order valence-electron chi connectivity index (χ0n) is 21.9. The molecule has 10 nitrogen and oxygen atoms in total. The largest absolute Gasteiger partial charge is 0.506 e. The number of nitrogens with one attached hydrogen (secondary N) is 4. The van der Waals surface area contributed by atoms with Crippen molar-refractivity contribution in [2.75, 3.05) is 23.1 Å². The molecule has 0 fully saturated rings.